The van der Waals surface area contributed by atoms with Crippen LogP contribution in [0.1, 0.15) is 18.1 Å². The van der Waals surface area contributed by atoms with Gasteiger partial charge in [0.1, 0.15) is 6.04 Å². The van der Waals surface area contributed by atoms with E-state index in [9.17, 15) is 4.79 Å². The molecule has 0 aliphatic carbocycles. The van der Waals surface area contributed by atoms with Gasteiger partial charge in [0.2, 0.25) is 5.91 Å². The SMILES string of the molecule is Cc1ccc(CN2C(=O)C(CO)NCC2C)cc1. The van der Waals surface area contributed by atoms with E-state index < -0.39 is 6.04 Å². The predicted octanol–water partition coefficient (Wildman–Crippen LogP) is 0.676. The van der Waals surface area contributed by atoms with Crippen molar-refractivity contribution in [2.45, 2.75) is 32.5 Å². The minimum Gasteiger partial charge on any atom is -0.394 e. The van der Waals surface area contributed by atoms with E-state index in [0.29, 0.717) is 6.54 Å². The fourth-order valence-corrected chi connectivity index (χ4v) is 2.19. The number of piperazine rings is 1. The number of aliphatic hydroxyl groups excluding tert-OH is 1. The molecule has 1 aliphatic rings. The molecule has 2 unspecified atom stereocenters. The zero-order chi connectivity index (χ0) is 13.1. The van der Waals surface area contributed by atoms with E-state index in [-0.39, 0.29) is 18.6 Å². The van der Waals surface area contributed by atoms with E-state index in [2.05, 4.69) is 17.4 Å². The van der Waals surface area contributed by atoms with Gasteiger partial charge < -0.3 is 15.3 Å². The lowest BCUT2D eigenvalue weighted by Crippen LogP contribution is -2.60. The molecule has 1 heterocycles. The second-order valence-electron chi connectivity index (χ2n) is 4.94. The van der Waals surface area contributed by atoms with Gasteiger partial charge in [-0.3, -0.25) is 4.79 Å². The Morgan fingerprint density at radius 3 is 2.67 bits per heavy atom. The zero-order valence-corrected chi connectivity index (χ0v) is 10.9. The number of nitrogens with one attached hydrogen (secondary N) is 1. The van der Waals surface area contributed by atoms with Crippen molar-refractivity contribution in [3.05, 3.63) is 35.4 Å². The van der Waals surface area contributed by atoms with Gasteiger partial charge >= 0.3 is 0 Å². The van der Waals surface area contributed by atoms with E-state index in [1.165, 1.54) is 5.56 Å². The molecule has 0 radical (unpaired) electrons. The van der Waals surface area contributed by atoms with Gasteiger partial charge in [0.05, 0.1) is 6.61 Å². The summed E-state index contributed by atoms with van der Waals surface area (Å²) in [4.78, 5) is 14.0. The lowest BCUT2D eigenvalue weighted by atomic mass is 10.1. The maximum atomic E-state index is 12.1. The lowest BCUT2D eigenvalue weighted by Gasteiger charge is -2.37. The van der Waals surface area contributed by atoms with Crippen molar-refractivity contribution >= 4 is 5.91 Å². The van der Waals surface area contributed by atoms with Gasteiger partial charge in [0, 0.05) is 19.1 Å². The van der Waals surface area contributed by atoms with Crippen LogP contribution in [-0.4, -0.2) is 41.1 Å². The van der Waals surface area contributed by atoms with Crippen LogP contribution in [0.15, 0.2) is 24.3 Å². The average Bonchev–Trinajstić information content (AvgIpc) is 2.37. The van der Waals surface area contributed by atoms with Crippen LogP contribution in [0, 0.1) is 6.92 Å². The number of benzene rings is 1. The summed E-state index contributed by atoms with van der Waals surface area (Å²) in [5, 5.41) is 12.2. The van der Waals surface area contributed by atoms with Crippen LogP contribution in [0.4, 0.5) is 0 Å². The van der Waals surface area contributed by atoms with Crippen molar-refractivity contribution in [1.82, 2.24) is 10.2 Å². The Balaban J connectivity index is 2.10. The van der Waals surface area contributed by atoms with Gasteiger partial charge in [-0.2, -0.15) is 0 Å². The number of aryl methyl sites for hydroxylation is 1. The van der Waals surface area contributed by atoms with E-state index in [1.807, 2.05) is 30.9 Å². The van der Waals surface area contributed by atoms with Crippen LogP contribution < -0.4 is 5.32 Å². The van der Waals surface area contributed by atoms with E-state index in [1.54, 1.807) is 0 Å². The topological polar surface area (TPSA) is 52.6 Å². The maximum absolute atomic E-state index is 12.1. The van der Waals surface area contributed by atoms with Crippen molar-refractivity contribution in [2.24, 2.45) is 0 Å². The summed E-state index contributed by atoms with van der Waals surface area (Å²) in [5.41, 5.74) is 2.34. The normalized spacial score (nSPS) is 24.4. The van der Waals surface area contributed by atoms with Gasteiger partial charge in [-0.25, -0.2) is 0 Å². The van der Waals surface area contributed by atoms with Crippen LogP contribution in [0.5, 0.6) is 0 Å². The van der Waals surface area contributed by atoms with Crippen molar-refractivity contribution in [3.63, 3.8) is 0 Å². The molecule has 1 aromatic rings. The van der Waals surface area contributed by atoms with Gasteiger partial charge in [-0.05, 0) is 19.4 Å². The number of aliphatic hydroxyl groups is 1. The van der Waals surface area contributed by atoms with Crippen molar-refractivity contribution in [1.29, 1.82) is 0 Å². The van der Waals surface area contributed by atoms with Gasteiger partial charge in [0.25, 0.3) is 0 Å². The third-order valence-corrected chi connectivity index (χ3v) is 3.43. The number of carbonyl (C=O) groups excluding carboxylic acids is 1. The highest BCUT2D eigenvalue weighted by Crippen LogP contribution is 2.14. The molecular formula is C14H20N2O2. The molecule has 2 N–H and O–H groups in total. The molecule has 98 valence electrons. The largest absolute Gasteiger partial charge is 0.394 e. The molecule has 1 aliphatic heterocycles. The summed E-state index contributed by atoms with van der Waals surface area (Å²) in [5.74, 6) is -0.0168. The van der Waals surface area contributed by atoms with Gasteiger partial charge in [-0.15, -0.1) is 0 Å². The van der Waals surface area contributed by atoms with E-state index in [0.717, 1.165) is 12.1 Å². The molecule has 4 heteroatoms. The van der Waals surface area contributed by atoms with Crippen LogP contribution in [0.3, 0.4) is 0 Å². The number of hydrogen-bond acceptors (Lipinski definition) is 3. The molecule has 2 atom stereocenters. The van der Waals surface area contributed by atoms with Gasteiger partial charge in [-0.1, -0.05) is 29.8 Å². The monoisotopic (exact) mass is 248 g/mol. The maximum Gasteiger partial charge on any atom is 0.242 e. The Morgan fingerprint density at radius 1 is 1.39 bits per heavy atom. The molecule has 1 saturated heterocycles. The molecule has 1 fully saturated rings. The Kier molecular flexibility index (Phi) is 3.99. The summed E-state index contributed by atoms with van der Waals surface area (Å²) in [6, 6.07) is 7.90. The molecule has 0 aromatic heterocycles. The smallest absolute Gasteiger partial charge is 0.242 e. The second kappa shape index (κ2) is 5.50. The highest BCUT2D eigenvalue weighted by molar-refractivity contribution is 5.83. The van der Waals surface area contributed by atoms with Crippen LogP contribution in [0.25, 0.3) is 0 Å². The average molecular weight is 248 g/mol. The molecule has 4 nitrogen and oxygen atoms in total. The molecule has 0 spiro atoms. The fourth-order valence-electron chi connectivity index (χ4n) is 2.19. The van der Waals surface area contributed by atoms with E-state index >= 15 is 0 Å². The highest BCUT2D eigenvalue weighted by Gasteiger charge is 2.32. The molecular weight excluding hydrogens is 228 g/mol. The Hall–Kier alpha value is -1.39. The first kappa shape index (κ1) is 13.1. The van der Waals surface area contributed by atoms with Gasteiger partial charge in [0.15, 0.2) is 0 Å². The van der Waals surface area contributed by atoms with Crippen molar-refractivity contribution in [2.75, 3.05) is 13.2 Å². The first-order valence-corrected chi connectivity index (χ1v) is 6.32. The molecule has 2 rings (SSSR count). The molecule has 1 aromatic carbocycles. The fraction of sp³-hybridized carbons (Fsp3) is 0.500. The number of nitrogens with zero attached hydrogens (tertiary/aromatic N) is 1. The summed E-state index contributed by atoms with van der Waals surface area (Å²) in [7, 11) is 0. The lowest BCUT2D eigenvalue weighted by molar-refractivity contribution is -0.140. The molecule has 1 amide bonds. The number of rotatable bonds is 3. The van der Waals surface area contributed by atoms with Crippen molar-refractivity contribution < 1.29 is 9.90 Å². The molecule has 18 heavy (non-hydrogen) atoms. The summed E-state index contributed by atoms with van der Waals surface area (Å²) in [6.45, 7) is 5.26. The standard InChI is InChI=1S/C14H20N2O2/c1-10-3-5-12(6-4-10)8-16-11(2)7-15-13(9-17)14(16)18/h3-6,11,13,15,17H,7-9H2,1-2H3. The first-order valence-electron chi connectivity index (χ1n) is 6.32. The summed E-state index contributed by atoms with van der Waals surface area (Å²) >= 11 is 0. The highest BCUT2D eigenvalue weighted by atomic mass is 16.3. The van der Waals surface area contributed by atoms with E-state index in [4.69, 9.17) is 5.11 Å². The number of hydrogen-bond donors (Lipinski definition) is 2. The minimum atomic E-state index is -0.452. The Bertz CT molecular complexity index is 416. The predicted molar refractivity (Wildman–Crippen MR) is 70.1 cm³/mol. The summed E-state index contributed by atoms with van der Waals surface area (Å²) < 4.78 is 0. The zero-order valence-electron chi connectivity index (χ0n) is 10.9. The third kappa shape index (κ3) is 2.71. The minimum absolute atomic E-state index is 0.0168. The number of carbonyl (C=O) groups is 1. The Labute approximate surface area is 108 Å². The summed E-state index contributed by atoms with van der Waals surface area (Å²) in [6.07, 6.45) is 0. The van der Waals surface area contributed by atoms with Crippen molar-refractivity contribution in [3.8, 4) is 0 Å². The number of amides is 1. The Morgan fingerprint density at radius 2 is 2.06 bits per heavy atom. The van der Waals surface area contributed by atoms with Crippen LogP contribution >= 0.6 is 0 Å². The molecule has 0 saturated carbocycles. The first-order chi connectivity index (χ1) is 8.61. The van der Waals surface area contributed by atoms with Crippen LogP contribution in [0.2, 0.25) is 0 Å². The second-order valence-corrected chi connectivity index (χ2v) is 4.94. The molecule has 0 bridgehead atoms. The third-order valence-electron chi connectivity index (χ3n) is 3.43. The van der Waals surface area contributed by atoms with Crippen LogP contribution in [-0.2, 0) is 11.3 Å². The quantitative estimate of drug-likeness (QED) is 0.827.